The zero-order chi connectivity index (χ0) is 13.3. The highest BCUT2D eigenvalue weighted by atomic mass is 79.9. The van der Waals surface area contributed by atoms with Gasteiger partial charge in [-0.15, -0.1) is 0 Å². The Bertz CT molecular complexity index is 576. The zero-order valence-electron chi connectivity index (χ0n) is 10.9. The molecule has 1 heterocycles. The van der Waals surface area contributed by atoms with Gasteiger partial charge >= 0.3 is 0 Å². The molecule has 4 heteroatoms. The number of hydrogen-bond acceptors (Lipinski definition) is 3. The van der Waals surface area contributed by atoms with Gasteiger partial charge < -0.3 is 5.32 Å². The van der Waals surface area contributed by atoms with E-state index in [1.54, 1.807) is 0 Å². The quantitative estimate of drug-likeness (QED) is 0.934. The van der Waals surface area contributed by atoms with Crippen molar-refractivity contribution in [2.45, 2.75) is 25.2 Å². The highest BCUT2D eigenvalue weighted by molar-refractivity contribution is 9.10. The number of aryl methyl sites for hydroxylation is 1. The highest BCUT2D eigenvalue weighted by Gasteiger charge is 2.45. The second kappa shape index (κ2) is 4.93. The van der Waals surface area contributed by atoms with Crippen molar-refractivity contribution in [3.63, 3.8) is 0 Å². The van der Waals surface area contributed by atoms with Gasteiger partial charge in [-0.05, 0) is 37.0 Å². The Kier molecular flexibility index (Phi) is 3.27. The molecule has 0 unspecified atom stereocenters. The maximum absolute atomic E-state index is 4.29. The Morgan fingerprint density at radius 3 is 2.53 bits per heavy atom. The Morgan fingerprint density at radius 2 is 1.89 bits per heavy atom. The van der Waals surface area contributed by atoms with Gasteiger partial charge in [-0.3, -0.25) is 0 Å². The number of halogens is 1. The first-order chi connectivity index (χ1) is 9.20. The topological polar surface area (TPSA) is 37.8 Å². The molecule has 3 rings (SSSR count). The molecule has 1 aliphatic carbocycles. The lowest BCUT2D eigenvalue weighted by Gasteiger charge is -2.18. The van der Waals surface area contributed by atoms with E-state index >= 15 is 0 Å². The number of aromatic nitrogens is 2. The van der Waals surface area contributed by atoms with Crippen LogP contribution in [0.4, 0.5) is 5.95 Å². The van der Waals surface area contributed by atoms with Crippen LogP contribution < -0.4 is 5.32 Å². The van der Waals surface area contributed by atoms with E-state index in [1.807, 2.05) is 19.3 Å². The third kappa shape index (κ3) is 2.63. The summed E-state index contributed by atoms with van der Waals surface area (Å²) in [5.41, 5.74) is 2.71. The summed E-state index contributed by atoms with van der Waals surface area (Å²) in [6, 6.07) is 8.47. The number of anilines is 1. The molecule has 0 spiro atoms. The fraction of sp³-hybridized carbons (Fsp3) is 0.333. The van der Waals surface area contributed by atoms with E-state index < -0.39 is 0 Å². The van der Waals surface area contributed by atoms with E-state index in [0.29, 0.717) is 5.95 Å². The average molecular weight is 318 g/mol. The van der Waals surface area contributed by atoms with Crippen molar-refractivity contribution in [1.82, 2.24) is 9.97 Å². The maximum Gasteiger partial charge on any atom is 0.222 e. The Hall–Kier alpha value is -1.42. The van der Waals surface area contributed by atoms with Crippen molar-refractivity contribution in [2.75, 3.05) is 11.9 Å². The molecule has 19 heavy (non-hydrogen) atoms. The predicted molar refractivity (Wildman–Crippen MR) is 80.3 cm³/mol. The molecule has 3 nitrogen and oxygen atoms in total. The number of rotatable bonds is 4. The number of benzene rings is 1. The smallest absolute Gasteiger partial charge is 0.222 e. The molecule has 1 N–H and O–H groups in total. The van der Waals surface area contributed by atoms with Crippen molar-refractivity contribution in [2.24, 2.45) is 0 Å². The summed E-state index contributed by atoms with van der Waals surface area (Å²) in [5, 5.41) is 3.36. The normalized spacial score (nSPS) is 16.1. The average Bonchev–Trinajstić information content (AvgIpc) is 3.20. The van der Waals surface area contributed by atoms with E-state index in [1.165, 1.54) is 22.9 Å². The lowest BCUT2D eigenvalue weighted by atomic mass is 9.96. The standard InChI is InChI=1S/C15H16BrN3/c1-11-8-17-14(18-9-11)19-10-15(6-7-15)12-4-2-3-5-13(12)16/h2-5,8-9H,6-7,10H2,1H3,(H,17,18,19). The molecular formula is C15H16BrN3. The molecule has 0 radical (unpaired) electrons. The molecular weight excluding hydrogens is 302 g/mol. The summed E-state index contributed by atoms with van der Waals surface area (Å²) in [6.45, 7) is 2.88. The van der Waals surface area contributed by atoms with E-state index in [-0.39, 0.29) is 5.41 Å². The largest absolute Gasteiger partial charge is 0.353 e. The van der Waals surface area contributed by atoms with Crippen LogP contribution in [0.1, 0.15) is 24.0 Å². The second-order valence-corrected chi connectivity index (χ2v) is 6.05. The lowest BCUT2D eigenvalue weighted by Crippen LogP contribution is -2.21. The summed E-state index contributed by atoms with van der Waals surface area (Å²) in [4.78, 5) is 8.58. The van der Waals surface area contributed by atoms with Crippen LogP contribution in [0.2, 0.25) is 0 Å². The first-order valence-electron chi connectivity index (χ1n) is 6.47. The molecule has 2 aromatic rings. The Morgan fingerprint density at radius 1 is 1.21 bits per heavy atom. The highest BCUT2D eigenvalue weighted by Crippen LogP contribution is 2.50. The van der Waals surface area contributed by atoms with E-state index in [4.69, 9.17) is 0 Å². The number of nitrogens with one attached hydrogen (secondary N) is 1. The molecule has 1 aromatic carbocycles. The van der Waals surface area contributed by atoms with Gasteiger partial charge in [0.05, 0.1) is 0 Å². The van der Waals surface area contributed by atoms with Crippen molar-refractivity contribution in [3.8, 4) is 0 Å². The first kappa shape index (κ1) is 12.6. The van der Waals surface area contributed by atoms with Gasteiger partial charge in [0, 0.05) is 28.8 Å². The van der Waals surface area contributed by atoms with Crippen molar-refractivity contribution < 1.29 is 0 Å². The molecule has 0 atom stereocenters. The molecule has 0 amide bonds. The van der Waals surface area contributed by atoms with Gasteiger partial charge in [0.25, 0.3) is 0 Å². The molecule has 0 aliphatic heterocycles. The van der Waals surface area contributed by atoms with Gasteiger partial charge in [0.2, 0.25) is 5.95 Å². The first-order valence-corrected chi connectivity index (χ1v) is 7.26. The summed E-state index contributed by atoms with van der Waals surface area (Å²) < 4.78 is 1.19. The molecule has 0 saturated heterocycles. The molecule has 1 aliphatic rings. The maximum atomic E-state index is 4.29. The third-order valence-electron chi connectivity index (χ3n) is 3.66. The van der Waals surface area contributed by atoms with Crippen LogP contribution in [0.25, 0.3) is 0 Å². The van der Waals surface area contributed by atoms with Crippen LogP contribution in [0, 0.1) is 6.92 Å². The van der Waals surface area contributed by atoms with Crippen LogP contribution in [0.3, 0.4) is 0 Å². The van der Waals surface area contributed by atoms with Crippen molar-refractivity contribution >= 4 is 21.9 Å². The van der Waals surface area contributed by atoms with Gasteiger partial charge in [0.1, 0.15) is 0 Å². The minimum atomic E-state index is 0.244. The summed E-state index contributed by atoms with van der Waals surface area (Å²) >= 11 is 3.65. The number of nitrogens with zero attached hydrogens (tertiary/aromatic N) is 2. The summed E-state index contributed by atoms with van der Waals surface area (Å²) in [7, 11) is 0. The minimum Gasteiger partial charge on any atom is -0.353 e. The van der Waals surface area contributed by atoms with Crippen LogP contribution in [-0.2, 0) is 5.41 Å². The van der Waals surface area contributed by atoms with E-state index in [0.717, 1.165) is 12.1 Å². The summed E-state index contributed by atoms with van der Waals surface area (Å²) in [6.07, 6.45) is 6.11. The van der Waals surface area contributed by atoms with Gasteiger partial charge in [-0.25, -0.2) is 9.97 Å². The summed E-state index contributed by atoms with van der Waals surface area (Å²) in [5.74, 6) is 0.712. The second-order valence-electron chi connectivity index (χ2n) is 5.20. The van der Waals surface area contributed by atoms with Gasteiger partial charge in [-0.1, -0.05) is 34.1 Å². The fourth-order valence-corrected chi connectivity index (χ4v) is 3.02. The van der Waals surface area contributed by atoms with E-state index in [2.05, 4.69) is 55.5 Å². The Balaban J connectivity index is 1.73. The van der Waals surface area contributed by atoms with Gasteiger partial charge in [0.15, 0.2) is 0 Å². The van der Waals surface area contributed by atoms with Crippen molar-refractivity contribution in [1.29, 1.82) is 0 Å². The minimum absolute atomic E-state index is 0.244. The van der Waals surface area contributed by atoms with Crippen LogP contribution >= 0.6 is 15.9 Å². The third-order valence-corrected chi connectivity index (χ3v) is 4.36. The van der Waals surface area contributed by atoms with Gasteiger partial charge in [-0.2, -0.15) is 0 Å². The molecule has 0 bridgehead atoms. The molecule has 1 fully saturated rings. The van der Waals surface area contributed by atoms with Crippen LogP contribution in [0.15, 0.2) is 41.1 Å². The molecule has 1 aromatic heterocycles. The molecule has 1 saturated carbocycles. The monoisotopic (exact) mass is 317 g/mol. The van der Waals surface area contributed by atoms with Crippen molar-refractivity contribution in [3.05, 3.63) is 52.3 Å². The predicted octanol–water partition coefficient (Wildman–Crippen LogP) is 3.69. The van der Waals surface area contributed by atoms with E-state index in [9.17, 15) is 0 Å². The van der Waals surface area contributed by atoms with Crippen LogP contribution in [-0.4, -0.2) is 16.5 Å². The fourth-order valence-electron chi connectivity index (χ4n) is 2.32. The lowest BCUT2D eigenvalue weighted by molar-refractivity contribution is 0.723. The number of hydrogen-bond donors (Lipinski definition) is 1. The Labute approximate surface area is 121 Å². The molecule has 98 valence electrons. The SMILES string of the molecule is Cc1cnc(NCC2(c3ccccc3Br)CC2)nc1. The van der Waals surface area contributed by atoms with Crippen LogP contribution in [0.5, 0.6) is 0 Å². The zero-order valence-corrected chi connectivity index (χ0v) is 12.4.